The highest BCUT2D eigenvalue weighted by molar-refractivity contribution is 5.94. The van der Waals surface area contributed by atoms with Crippen molar-refractivity contribution >= 4 is 5.91 Å². The van der Waals surface area contributed by atoms with Gasteiger partial charge in [0.2, 0.25) is 0 Å². The summed E-state index contributed by atoms with van der Waals surface area (Å²) in [5.74, 6) is 1.77. The van der Waals surface area contributed by atoms with Gasteiger partial charge in [0.25, 0.3) is 5.91 Å². The molecular formula is C16H21NO2. The molecule has 0 radical (unpaired) electrons. The normalized spacial score (nSPS) is 26.8. The molecule has 1 amide bonds. The minimum Gasteiger partial charge on any atom is -0.508 e. The summed E-state index contributed by atoms with van der Waals surface area (Å²) in [7, 11) is 0. The average Bonchev–Trinajstić information content (AvgIpc) is 2.46. The van der Waals surface area contributed by atoms with Gasteiger partial charge in [-0.15, -0.1) is 0 Å². The van der Waals surface area contributed by atoms with Crippen LogP contribution in [0.1, 0.15) is 42.5 Å². The van der Waals surface area contributed by atoms with E-state index in [2.05, 4.69) is 0 Å². The predicted octanol–water partition coefficient (Wildman–Crippen LogP) is 3.04. The van der Waals surface area contributed by atoms with E-state index < -0.39 is 0 Å². The standard InChI is InChI=1S/C16H21NO2/c18-15-7-3-6-13(10-15)16(19)17-9-8-12-4-1-2-5-14(12)11-17/h3,6-7,10,12,14,18H,1-2,4-5,8-9,11H2. The van der Waals surface area contributed by atoms with Crippen LogP contribution in [0.3, 0.4) is 0 Å². The Morgan fingerprint density at radius 1 is 1.16 bits per heavy atom. The van der Waals surface area contributed by atoms with Gasteiger partial charge in [0, 0.05) is 18.7 Å². The van der Waals surface area contributed by atoms with Gasteiger partial charge in [0.15, 0.2) is 0 Å². The van der Waals surface area contributed by atoms with E-state index in [-0.39, 0.29) is 11.7 Å². The van der Waals surface area contributed by atoms with E-state index >= 15 is 0 Å². The Bertz CT molecular complexity index is 472. The molecular weight excluding hydrogens is 238 g/mol. The first kappa shape index (κ1) is 12.5. The molecule has 2 unspecified atom stereocenters. The fourth-order valence-corrected chi connectivity index (χ4v) is 3.61. The Hall–Kier alpha value is -1.51. The van der Waals surface area contributed by atoms with Gasteiger partial charge in [-0.2, -0.15) is 0 Å². The molecule has 3 heteroatoms. The van der Waals surface area contributed by atoms with Gasteiger partial charge in [-0.25, -0.2) is 0 Å². The van der Waals surface area contributed by atoms with Gasteiger partial charge in [-0.05, 0) is 42.9 Å². The number of amides is 1. The van der Waals surface area contributed by atoms with Gasteiger partial charge in [0.05, 0.1) is 0 Å². The van der Waals surface area contributed by atoms with Crippen LogP contribution in [-0.2, 0) is 0 Å². The van der Waals surface area contributed by atoms with Gasteiger partial charge in [0.1, 0.15) is 5.75 Å². The lowest BCUT2D eigenvalue weighted by molar-refractivity contribution is 0.0520. The number of piperidine rings is 1. The third-order valence-corrected chi connectivity index (χ3v) is 4.67. The number of hydrogen-bond donors (Lipinski definition) is 1. The van der Waals surface area contributed by atoms with Crippen LogP contribution >= 0.6 is 0 Å². The minimum atomic E-state index is 0.0694. The third kappa shape index (κ3) is 2.60. The highest BCUT2D eigenvalue weighted by atomic mass is 16.3. The number of aromatic hydroxyl groups is 1. The average molecular weight is 259 g/mol. The van der Waals surface area contributed by atoms with Crippen molar-refractivity contribution in [3.05, 3.63) is 29.8 Å². The van der Waals surface area contributed by atoms with E-state index in [9.17, 15) is 9.90 Å². The Morgan fingerprint density at radius 2 is 1.95 bits per heavy atom. The number of carbonyl (C=O) groups excluding carboxylic acids is 1. The molecule has 0 bridgehead atoms. The number of phenols is 1. The minimum absolute atomic E-state index is 0.0694. The van der Waals surface area contributed by atoms with Gasteiger partial charge >= 0.3 is 0 Å². The zero-order valence-corrected chi connectivity index (χ0v) is 11.2. The van der Waals surface area contributed by atoms with Crippen molar-refractivity contribution in [2.45, 2.75) is 32.1 Å². The SMILES string of the molecule is O=C(c1cccc(O)c1)N1CCC2CCCCC2C1. The lowest BCUT2D eigenvalue weighted by atomic mass is 9.75. The van der Waals surface area contributed by atoms with E-state index in [1.165, 1.54) is 25.7 Å². The molecule has 0 spiro atoms. The quantitative estimate of drug-likeness (QED) is 0.842. The van der Waals surface area contributed by atoms with E-state index in [0.717, 1.165) is 25.4 Å². The van der Waals surface area contributed by atoms with Crippen LogP contribution in [0.5, 0.6) is 5.75 Å². The van der Waals surface area contributed by atoms with E-state index in [0.29, 0.717) is 11.5 Å². The van der Waals surface area contributed by atoms with Crippen LogP contribution in [0, 0.1) is 11.8 Å². The number of carbonyl (C=O) groups is 1. The van der Waals surface area contributed by atoms with Gasteiger partial charge < -0.3 is 10.0 Å². The number of hydrogen-bond acceptors (Lipinski definition) is 2. The van der Waals surface area contributed by atoms with Crippen molar-refractivity contribution in [3.63, 3.8) is 0 Å². The van der Waals surface area contributed by atoms with Crippen LogP contribution in [0.4, 0.5) is 0 Å². The fraction of sp³-hybridized carbons (Fsp3) is 0.562. The fourth-order valence-electron chi connectivity index (χ4n) is 3.61. The maximum atomic E-state index is 12.4. The summed E-state index contributed by atoms with van der Waals surface area (Å²) in [6, 6.07) is 6.68. The molecule has 2 fully saturated rings. The lowest BCUT2D eigenvalue weighted by Crippen LogP contribution is -2.44. The molecule has 1 aliphatic heterocycles. The van der Waals surface area contributed by atoms with Gasteiger partial charge in [-0.3, -0.25) is 4.79 Å². The molecule has 3 rings (SSSR count). The maximum Gasteiger partial charge on any atom is 0.253 e. The van der Waals surface area contributed by atoms with Crippen LogP contribution in [0.15, 0.2) is 24.3 Å². The Kier molecular flexibility index (Phi) is 3.45. The van der Waals surface area contributed by atoms with Crippen LogP contribution in [0.2, 0.25) is 0 Å². The second kappa shape index (κ2) is 5.24. The molecule has 1 aromatic rings. The summed E-state index contributed by atoms with van der Waals surface area (Å²) in [4.78, 5) is 14.4. The first-order valence-corrected chi connectivity index (χ1v) is 7.32. The van der Waals surface area contributed by atoms with Crippen LogP contribution < -0.4 is 0 Å². The molecule has 1 aliphatic carbocycles. The molecule has 1 aromatic carbocycles. The second-order valence-electron chi connectivity index (χ2n) is 5.89. The first-order chi connectivity index (χ1) is 9.24. The van der Waals surface area contributed by atoms with Crippen molar-refractivity contribution in [3.8, 4) is 5.75 Å². The Morgan fingerprint density at radius 3 is 2.74 bits per heavy atom. The molecule has 1 saturated heterocycles. The summed E-state index contributed by atoms with van der Waals surface area (Å²) in [6.07, 6.45) is 6.44. The highest BCUT2D eigenvalue weighted by Crippen LogP contribution is 2.36. The maximum absolute atomic E-state index is 12.4. The molecule has 1 saturated carbocycles. The monoisotopic (exact) mass is 259 g/mol. The van der Waals surface area contributed by atoms with E-state index in [1.807, 2.05) is 4.90 Å². The molecule has 1 heterocycles. The Balaban J connectivity index is 1.71. The zero-order chi connectivity index (χ0) is 13.2. The summed E-state index contributed by atoms with van der Waals surface area (Å²) < 4.78 is 0. The third-order valence-electron chi connectivity index (χ3n) is 4.67. The largest absolute Gasteiger partial charge is 0.508 e. The predicted molar refractivity (Wildman–Crippen MR) is 74.1 cm³/mol. The summed E-state index contributed by atoms with van der Waals surface area (Å²) in [6.45, 7) is 1.77. The van der Waals surface area contributed by atoms with Crippen LogP contribution in [-0.4, -0.2) is 29.0 Å². The first-order valence-electron chi connectivity index (χ1n) is 7.32. The number of likely N-dealkylation sites (tertiary alicyclic amines) is 1. The lowest BCUT2D eigenvalue weighted by Gasteiger charge is -2.41. The van der Waals surface area contributed by atoms with E-state index in [1.54, 1.807) is 24.3 Å². The molecule has 2 aliphatic rings. The summed E-state index contributed by atoms with van der Waals surface area (Å²) >= 11 is 0. The molecule has 2 atom stereocenters. The summed E-state index contributed by atoms with van der Waals surface area (Å²) in [5, 5.41) is 9.48. The number of rotatable bonds is 1. The molecule has 19 heavy (non-hydrogen) atoms. The van der Waals surface area contributed by atoms with Crippen molar-refractivity contribution in [2.75, 3.05) is 13.1 Å². The second-order valence-corrected chi connectivity index (χ2v) is 5.89. The topological polar surface area (TPSA) is 40.5 Å². The molecule has 3 nitrogen and oxygen atoms in total. The van der Waals surface area contributed by atoms with E-state index in [4.69, 9.17) is 0 Å². The summed E-state index contributed by atoms with van der Waals surface area (Å²) in [5.41, 5.74) is 0.606. The van der Waals surface area contributed by atoms with Crippen molar-refractivity contribution in [1.82, 2.24) is 4.90 Å². The number of fused-ring (bicyclic) bond motifs is 1. The molecule has 0 aromatic heterocycles. The smallest absolute Gasteiger partial charge is 0.253 e. The molecule has 1 N–H and O–H groups in total. The van der Waals surface area contributed by atoms with Gasteiger partial charge in [-0.1, -0.05) is 25.3 Å². The number of phenolic OH excluding ortho intramolecular Hbond substituents is 1. The zero-order valence-electron chi connectivity index (χ0n) is 11.2. The highest BCUT2D eigenvalue weighted by Gasteiger charge is 2.33. The van der Waals surface area contributed by atoms with Crippen molar-refractivity contribution < 1.29 is 9.90 Å². The van der Waals surface area contributed by atoms with Crippen molar-refractivity contribution in [2.24, 2.45) is 11.8 Å². The number of nitrogens with zero attached hydrogens (tertiary/aromatic N) is 1. The molecule has 102 valence electrons. The Labute approximate surface area is 114 Å². The van der Waals surface area contributed by atoms with Crippen LogP contribution in [0.25, 0.3) is 0 Å². The number of benzene rings is 1. The van der Waals surface area contributed by atoms with Crippen molar-refractivity contribution in [1.29, 1.82) is 0 Å².